The number of rotatable bonds is 6. The molecule has 0 radical (unpaired) electrons. The second-order valence-corrected chi connectivity index (χ2v) is 6.82. The molecular formula is C19H14ClF2NO2S. The summed E-state index contributed by atoms with van der Waals surface area (Å²) >= 11 is 7.36. The maximum atomic E-state index is 13.2. The van der Waals surface area contributed by atoms with Crippen LogP contribution in [0.1, 0.15) is 16.5 Å². The van der Waals surface area contributed by atoms with Crippen LogP contribution in [0.3, 0.4) is 0 Å². The number of carbonyl (C=O) groups excluding carboxylic acids is 1. The first-order valence-corrected chi connectivity index (χ1v) is 8.95. The van der Waals surface area contributed by atoms with E-state index in [2.05, 4.69) is 5.32 Å². The molecule has 1 unspecified atom stereocenters. The van der Waals surface area contributed by atoms with Crippen LogP contribution < -0.4 is 10.1 Å². The molecule has 0 bridgehead atoms. The smallest absolute Gasteiger partial charge is 0.258 e. The van der Waals surface area contributed by atoms with E-state index in [0.717, 1.165) is 16.5 Å². The summed E-state index contributed by atoms with van der Waals surface area (Å²) in [7, 11) is 0. The normalized spacial score (nSPS) is 11.8. The fourth-order valence-electron chi connectivity index (χ4n) is 2.37. The summed E-state index contributed by atoms with van der Waals surface area (Å²) in [5.41, 5.74) is 0.752. The van der Waals surface area contributed by atoms with Gasteiger partial charge in [0.2, 0.25) is 0 Å². The molecule has 1 aromatic heterocycles. The Kier molecular flexibility index (Phi) is 5.85. The van der Waals surface area contributed by atoms with E-state index in [9.17, 15) is 13.6 Å². The van der Waals surface area contributed by atoms with Gasteiger partial charge in [0, 0.05) is 4.88 Å². The fourth-order valence-corrected chi connectivity index (χ4v) is 3.39. The average Bonchev–Trinajstić information content (AvgIpc) is 3.14. The van der Waals surface area contributed by atoms with Gasteiger partial charge in [-0.15, -0.1) is 11.3 Å². The number of amides is 1. The van der Waals surface area contributed by atoms with Crippen LogP contribution in [0.2, 0.25) is 5.02 Å². The van der Waals surface area contributed by atoms with Crippen LogP contribution in [0.4, 0.5) is 8.78 Å². The van der Waals surface area contributed by atoms with Gasteiger partial charge in [0.15, 0.2) is 6.61 Å². The number of halogens is 3. The Bertz CT molecular complexity index is 885. The van der Waals surface area contributed by atoms with Crippen LogP contribution in [-0.2, 0) is 4.79 Å². The molecule has 1 heterocycles. The minimum absolute atomic E-state index is 0.0890. The van der Waals surface area contributed by atoms with Crippen LogP contribution in [-0.4, -0.2) is 12.5 Å². The Balaban J connectivity index is 1.70. The summed E-state index contributed by atoms with van der Waals surface area (Å²) in [6, 6.07) is 12.9. The summed E-state index contributed by atoms with van der Waals surface area (Å²) in [5.74, 6) is -0.994. The molecule has 26 heavy (non-hydrogen) atoms. The number of nitrogens with one attached hydrogen (secondary N) is 1. The predicted molar refractivity (Wildman–Crippen MR) is 97.6 cm³/mol. The van der Waals surface area contributed by atoms with Crippen molar-refractivity contribution in [1.82, 2.24) is 5.32 Å². The first kappa shape index (κ1) is 18.4. The van der Waals surface area contributed by atoms with Crippen LogP contribution in [0.15, 0.2) is 60.0 Å². The first-order chi connectivity index (χ1) is 12.5. The molecule has 2 aromatic carbocycles. The zero-order valence-electron chi connectivity index (χ0n) is 13.4. The second kappa shape index (κ2) is 8.29. The van der Waals surface area contributed by atoms with Crippen molar-refractivity contribution in [2.75, 3.05) is 6.61 Å². The summed E-state index contributed by atoms with van der Waals surface area (Å²) in [6.07, 6.45) is 0. The lowest BCUT2D eigenvalue weighted by atomic mass is 10.1. The van der Waals surface area contributed by atoms with Crippen molar-refractivity contribution in [3.8, 4) is 5.75 Å². The molecule has 3 aromatic rings. The third kappa shape index (κ3) is 4.59. The maximum Gasteiger partial charge on any atom is 0.258 e. The van der Waals surface area contributed by atoms with Crippen molar-refractivity contribution < 1.29 is 18.3 Å². The molecule has 0 spiro atoms. The number of hydrogen-bond donors (Lipinski definition) is 1. The highest BCUT2D eigenvalue weighted by Gasteiger charge is 2.18. The van der Waals surface area contributed by atoms with Gasteiger partial charge in [0.25, 0.3) is 5.91 Å². The summed E-state index contributed by atoms with van der Waals surface area (Å²) in [4.78, 5) is 13.2. The van der Waals surface area contributed by atoms with Crippen molar-refractivity contribution in [3.63, 3.8) is 0 Å². The maximum absolute atomic E-state index is 13.2. The van der Waals surface area contributed by atoms with Gasteiger partial charge in [-0.25, -0.2) is 8.78 Å². The van der Waals surface area contributed by atoms with Gasteiger partial charge >= 0.3 is 0 Å². The Morgan fingerprint density at radius 2 is 1.85 bits per heavy atom. The standard InChI is InChI=1S/C19H14ClF2NO2S/c20-15-10-14(22)7-8-16(15)25-11-18(24)23-19(17-2-1-9-26-17)12-3-5-13(21)6-4-12/h1-10,19H,11H2,(H,23,24). The largest absolute Gasteiger partial charge is 0.482 e. The van der Waals surface area contributed by atoms with E-state index in [0.29, 0.717) is 0 Å². The van der Waals surface area contributed by atoms with E-state index >= 15 is 0 Å². The molecule has 0 fully saturated rings. The van der Waals surface area contributed by atoms with E-state index in [4.69, 9.17) is 16.3 Å². The third-order valence-electron chi connectivity index (χ3n) is 3.59. The van der Waals surface area contributed by atoms with Gasteiger partial charge in [-0.3, -0.25) is 4.79 Å². The minimum atomic E-state index is -0.485. The Morgan fingerprint density at radius 3 is 2.50 bits per heavy atom. The SMILES string of the molecule is O=C(COc1ccc(F)cc1Cl)NC(c1ccc(F)cc1)c1cccs1. The zero-order chi connectivity index (χ0) is 18.5. The summed E-state index contributed by atoms with van der Waals surface area (Å²) in [6.45, 7) is -0.283. The molecule has 1 N–H and O–H groups in total. The van der Waals surface area contributed by atoms with Gasteiger partial charge < -0.3 is 10.1 Å². The molecule has 0 saturated heterocycles. The van der Waals surface area contributed by atoms with Crippen molar-refractivity contribution in [1.29, 1.82) is 0 Å². The first-order valence-electron chi connectivity index (χ1n) is 7.69. The van der Waals surface area contributed by atoms with Crippen molar-refractivity contribution in [2.45, 2.75) is 6.04 Å². The number of thiophene rings is 1. The Labute approximate surface area is 158 Å². The topological polar surface area (TPSA) is 38.3 Å². The van der Waals surface area contributed by atoms with Gasteiger partial charge in [0.05, 0.1) is 11.1 Å². The van der Waals surface area contributed by atoms with Gasteiger partial charge in [-0.05, 0) is 47.3 Å². The lowest BCUT2D eigenvalue weighted by Crippen LogP contribution is -2.33. The number of ether oxygens (including phenoxy) is 1. The fraction of sp³-hybridized carbons (Fsp3) is 0.105. The molecule has 7 heteroatoms. The van der Waals surface area contributed by atoms with Gasteiger partial charge in [-0.1, -0.05) is 29.8 Å². The molecule has 0 aliphatic carbocycles. The molecule has 0 aliphatic rings. The predicted octanol–water partition coefficient (Wildman–Crippen LogP) is 4.96. The van der Waals surface area contributed by atoms with Crippen molar-refractivity contribution in [3.05, 3.63) is 87.1 Å². The third-order valence-corrected chi connectivity index (χ3v) is 4.82. The van der Waals surface area contributed by atoms with E-state index in [1.165, 1.54) is 35.6 Å². The van der Waals surface area contributed by atoms with E-state index < -0.39 is 11.9 Å². The lowest BCUT2D eigenvalue weighted by Gasteiger charge is -2.18. The van der Waals surface area contributed by atoms with Crippen molar-refractivity contribution in [2.24, 2.45) is 0 Å². The van der Waals surface area contributed by atoms with Gasteiger partial charge in [-0.2, -0.15) is 0 Å². The molecule has 0 saturated carbocycles. The Morgan fingerprint density at radius 1 is 1.12 bits per heavy atom. The number of benzene rings is 2. The molecule has 134 valence electrons. The number of hydrogen-bond acceptors (Lipinski definition) is 3. The molecule has 3 nitrogen and oxygen atoms in total. The zero-order valence-corrected chi connectivity index (χ0v) is 15.0. The Hall–Kier alpha value is -2.44. The molecular weight excluding hydrogens is 380 g/mol. The molecule has 3 rings (SSSR count). The molecule has 1 amide bonds. The van der Waals surface area contributed by atoms with Crippen molar-refractivity contribution >= 4 is 28.8 Å². The highest BCUT2D eigenvalue weighted by atomic mass is 35.5. The molecule has 0 aliphatic heterocycles. The van der Waals surface area contributed by atoms with E-state index in [1.54, 1.807) is 12.1 Å². The summed E-state index contributed by atoms with van der Waals surface area (Å²) in [5, 5.41) is 4.85. The minimum Gasteiger partial charge on any atom is -0.482 e. The van der Waals surface area contributed by atoms with Crippen LogP contribution >= 0.6 is 22.9 Å². The van der Waals surface area contributed by atoms with Crippen LogP contribution in [0.5, 0.6) is 5.75 Å². The monoisotopic (exact) mass is 393 g/mol. The van der Waals surface area contributed by atoms with Crippen LogP contribution in [0.25, 0.3) is 0 Å². The second-order valence-electron chi connectivity index (χ2n) is 5.43. The number of carbonyl (C=O) groups is 1. The molecule has 1 atom stereocenters. The van der Waals surface area contributed by atoms with E-state index in [1.807, 2.05) is 17.5 Å². The highest BCUT2D eigenvalue weighted by Crippen LogP contribution is 2.27. The quantitative estimate of drug-likeness (QED) is 0.642. The summed E-state index contributed by atoms with van der Waals surface area (Å²) < 4.78 is 31.6. The average molecular weight is 394 g/mol. The highest BCUT2D eigenvalue weighted by molar-refractivity contribution is 7.10. The lowest BCUT2D eigenvalue weighted by molar-refractivity contribution is -0.123. The van der Waals surface area contributed by atoms with Gasteiger partial charge in [0.1, 0.15) is 17.4 Å². The van der Waals surface area contributed by atoms with E-state index in [-0.39, 0.29) is 29.1 Å². The van der Waals surface area contributed by atoms with Crippen LogP contribution in [0, 0.1) is 11.6 Å².